The first-order valence-corrected chi connectivity index (χ1v) is 6.47. The van der Waals surface area contributed by atoms with E-state index in [0.717, 1.165) is 19.7 Å². The summed E-state index contributed by atoms with van der Waals surface area (Å²) < 4.78 is 12.5. The van der Waals surface area contributed by atoms with Gasteiger partial charge in [-0.3, -0.25) is 0 Å². The average molecular weight is 254 g/mol. The van der Waals surface area contributed by atoms with Gasteiger partial charge in [-0.2, -0.15) is 0 Å². The van der Waals surface area contributed by atoms with Crippen LogP contribution in [0.3, 0.4) is 0 Å². The van der Waals surface area contributed by atoms with Gasteiger partial charge in [0.2, 0.25) is 0 Å². The number of hydrogen-bond donors (Lipinski definition) is 1. The molecule has 1 rings (SSSR count). The lowest BCUT2D eigenvalue weighted by atomic mass is 10.1. The van der Waals surface area contributed by atoms with Crippen molar-refractivity contribution in [3.8, 4) is 0 Å². The zero-order valence-electron chi connectivity index (χ0n) is 12.0. The van der Waals surface area contributed by atoms with E-state index >= 15 is 0 Å². The molecule has 104 valence electrons. The Morgan fingerprint density at radius 3 is 2.67 bits per heavy atom. The number of hydrogen-bond acceptors (Lipinski definition) is 3. The van der Waals surface area contributed by atoms with E-state index in [2.05, 4.69) is 49.1 Å². The minimum Gasteiger partial charge on any atom is -0.382 e. The van der Waals surface area contributed by atoms with E-state index in [1.165, 1.54) is 5.56 Å². The zero-order chi connectivity index (χ0) is 13.4. The van der Waals surface area contributed by atoms with Gasteiger partial charge in [-0.25, -0.2) is 0 Å². The van der Waals surface area contributed by atoms with Crippen LogP contribution in [0.5, 0.6) is 0 Å². The van der Waals surface area contributed by atoms with Crippen LogP contribution in [0.2, 0.25) is 0 Å². The van der Waals surface area contributed by atoms with E-state index in [9.17, 15) is 0 Å². The van der Waals surface area contributed by atoms with Crippen molar-refractivity contribution in [2.45, 2.75) is 39.4 Å². The Labute approximate surface area is 110 Å². The maximum atomic E-state index is 5.44. The first-order valence-electron chi connectivity index (χ1n) is 6.47. The van der Waals surface area contributed by atoms with Crippen LogP contribution in [0.1, 0.15) is 26.3 Å². The van der Waals surface area contributed by atoms with E-state index in [0.29, 0.717) is 13.2 Å². The highest BCUT2D eigenvalue weighted by atomic mass is 16.5. The molecule has 0 unspecified atom stereocenters. The molecule has 1 heterocycles. The van der Waals surface area contributed by atoms with Crippen LogP contribution in [0.25, 0.3) is 0 Å². The van der Waals surface area contributed by atoms with Crippen LogP contribution in [-0.2, 0) is 22.6 Å². The first kappa shape index (κ1) is 15.2. The van der Waals surface area contributed by atoms with Gasteiger partial charge in [0.05, 0.1) is 19.8 Å². The van der Waals surface area contributed by atoms with Crippen LogP contribution >= 0.6 is 0 Å². The molecule has 0 aromatic carbocycles. The number of nitrogens with zero attached hydrogens (tertiary/aromatic N) is 1. The molecule has 18 heavy (non-hydrogen) atoms. The summed E-state index contributed by atoms with van der Waals surface area (Å²) in [5, 5.41) is 3.47. The number of methoxy groups -OCH3 is 1. The largest absolute Gasteiger partial charge is 0.382 e. The smallest absolute Gasteiger partial charge is 0.0701 e. The standard InChI is InChI=1S/C14H26N2O2/c1-14(2,3)15-11-13-5-6-16(12-13)7-8-18-10-9-17-4/h5-6,12,15H,7-11H2,1-4H3. The second-order valence-corrected chi connectivity index (χ2v) is 5.47. The van der Waals surface area contributed by atoms with Gasteiger partial charge in [0.25, 0.3) is 0 Å². The minimum absolute atomic E-state index is 0.158. The molecule has 1 aromatic heterocycles. The molecule has 0 radical (unpaired) electrons. The third-order valence-corrected chi connectivity index (χ3v) is 2.56. The van der Waals surface area contributed by atoms with Gasteiger partial charge in [0, 0.05) is 38.1 Å². The predicted molar refractivity (Wildman–Crippen MR) is 73.7 cm³/mol. The molecule has 1 aromatic rings. The van der Waals surface area contributed by atoms with Crippen molar-refractivity contribution in [2.24, 2.45) is 0 Å². The molecule has 0 aliphatic heterocycles. The molecule has 0 aliphatic rings. The Morgan fingerprint density at radius 1 is 1.22 bits per heavy atom. The quantitative estimate of drug-likeness (QED) is 0.721. The fourth-order valence-corrected chi connectivity index (χ4v) is 1.52. The zero-order valence-corrected chi connectivity index (χ0v) is 12.0. The van der Waals surface area contributed by atoms with Gasteiger partial charge in [0.1, 0.15) is 0 Å². The second kappa shape index (κ2) is 7.56. The van der Waals surface area contributed by atoms with E-state index in [1.54, 1.807) is 7.11 Å². The molecule has 4 nitrogen and oxygen atoms in total. The third kappa shape index (κ3) is 6.79. The Bertz CT molecular complexity index is 329. The van der Waals surface area contributed by atoms with E-state index < -0.39 is 0 Å². The molecule has 0 amide bonds. The van der Waals surface area contributed by atoms with Gasteiger partial charge in [0.15, 0.2) is 0 Å². The number of rotatable bonds is 8. The molecule has 0 atom stereocenters. The summed E-state index contributed by atoms with van der Waals surface area (Å²) in [5.41, 5.74) is 1.47. The van der Waals surface area contributed by atoms with E-state index in [4.69, 9.17) is 9.47 Å². The molecule has 4 heteroatoms. The van der Waals surface area contributed by atoms with Crippen molar-refractivity contribution in [1.29, 1.82) is 0 Å². The highest BCUT2D eigenvalue weighted by Gasteiger charge is 2.08. The van der Waals surface area contributed by atoms with Gasteiger partial charge in [-0.1, -0.05) is 0 Å². The molecule has 0 spiro atoms. The summed E-state index contributed by atoms with van der Waals surface area (Å²) in [6, 6.07) is 2.15. The summed E-state index contributed by atoms with van der Waals surface area (Å²) in [6.07, 6.45) is 4.26. The summed E-state index contributed by atoms with van der Waals surface area (Å²) in [4.78, 5) is 0. The van der Waals surface area contributed by atoms with Crippen LogP contribution in [0.15, 0.2) is 18.5 Å². The highest BCUT2D eigenvalue weighted by molar-refractivity contribution is 5.10. The van der Waals surface area contributed by atoms with Gasteiger partial charge >= 0.3 is 0 Å². The maximum absolute atomic E-state index is 5.44. The maximum Gasteiger partial charge on any atom is 0.0701 e. The number of aromatic nitrogens is 1. The molecular formula is C14H26N2O2. The van der Waals surface area contributed by atoms with Crippen molar-refractivity contribution >= 4 is 0 Å². The van der Waals surface area contributed by atoms with Crippen molar-refractivity contribution in [3.05, 3.63) is 24.0 Å². The van der Waals surface area contributed by atoms with E-state index in [1.807, 2.05) is 0 Å². The Balaban J connectivity index is 2.22. The fourth-order valence-electron chi connectivity index (χ4n) is 1.52. The van der Waals surface area contributed by atoms with Gasteiger partial charge in [-0.15, -0.1) is 0 Å². The van der Waals surface area contributed by atoms with Crippen LogP contribution in [0.4, 0.5) is 0 Å². The lowest BCUT2D eigenvalue weighted by Crippen LogP contribution is -2.34. The Morgan fingerprint density at radius 2 is 2.00 bits per heavy atom. The van der Waals surface area contributed by atoms with Crippen molar-refractivity contribution in [2.75, 3.05) is 26.9 Å². The predicted octanol–water partition coefficient (Wildman–Crippen LogP) is 2.04. The highest BCUT2D eigenvalue weighted by Crippen LogP contribution is 2.05. The molecule has 0 saturated heterocycles. The number of ether oxygens (including phenoxy) is 2. The van der Waals surface area contributed by atoms with E-state index in [-0.39, 0.29) is 5.54 Å². The SMILES string of the molecule is COCCOCCn1ccc(CNC(C)(C)C)c1. The Kier molecular flexibility index (Phi) is 6.39. The van der Waals surface area contributed by atoms with Crippen LogP contribution < -0.4 is 5.32 Å². The second-order valence-electron chi connectivity index (χ2n) is 5.47. The monoisotopic (exact) mass is 254 g/mol. The van der Waals surface area contributed by atoms with Crippen molar-refractivity contribution in [1.82, 2.24) is 9.88 Å². The minimum atomic E-state index is 0.158. The lowest BCUT2D eigenvalue weighted by molar-refractivity contribution is 0.0666. The fraction of sp³-hybridized carbons (Fsp3) is 0.714. The molecule has 0 saturated carbocycles. The molecule has 1 N–H and O–H groups in total. The summed E-state index contributed by atoms with van der Waals surface area (Å²) in [5.74, 6) is 0. The van der Waals surface area contributed by atoms with Gasteiger partial charge < -0.3 is 19.4 Å². The van der Waals surface area contributed by atoms with Crippen molar-refractivity contribution < 1.29 is 9.47 Å². The van der Waals surface area contributed by atoms with Crippen LogP contribution in [-0.4, -0.2) is 37.0 Å². The topological polar surface area (TPSA) is 35.4 Å². The summed E-state index contributed by atoms with van der Waals surface area (Å²) in [7, 11) is 1.68. The summed E-state index contributed by atoms with van der Waals surface area (Å²) >= 11 is 0. The van der Waals surface area contributed by atoms with Gasteiger partial charge in [-0.05, 0) is 32.4 Å². The Hall–Kier alpha value is -0.840. The number of nitrogens with one attached hydrogen (secondary N) is 1. The molecule has 0 aliphatic carbocycles. The molecule has 0 bridgehead atoms. The molecule has 0 fully saturated rings. The van der Waals surface area contributed by atoms with Crippen LogP contribution in [0, 0.1) is 0 Å². The third-order valence-electron chi connectivity index (χ3n) is 2.56. The lowest BCUT2D eigenvalue weighted by Gasteiger charge is -2.19. The average Bonchev–Trinajstić information content (AvgIpc) is 2.73. The van der Waals surface area contributed by atoms with Crippen molar-refractivity contribution in [3.63, 3.8) is 0 Å². The normalized spacial score (nSPS) is 12.0. The first-order chi connectivity index (χ1) is 8.51. The molecular weight excluding hydrogens is 228 g/mol. The summed E-state index contributed by atoms with van der Waals surface area (Å²) in [6.45, 7) is 10.4.